The molecule has 0 saturated heterocycles. The fourth-order valence-electron chi connectivity index (χ4n) is 2.99. The first-order valence-corrected chi connectivity index (χ1v) is 9.84. The highest BCUT2D eigenvalue weighted by Gasteiger charge is 2.16. The van der Waals surface area contributed by atoms with Crippen LogP contribution in [0.2, 0.25) is 0 Å². The minimum absolute atomic E-state index is 0.0165. The standard InChI is InChI=1S/C21H20N4O2S/c26-20(13-27-14-21-25-16-8-4-5-9-18(16)28-21)24-17(12-19-22-10-11-23-19)15-6-2-1-3-7-15/h1-11,17H,12-14H2,(H,22,23)(H,24,26)/t17-/m1/s1. The minimum atomic E-state index is -0.175. The Hall–Kier alpha value is -3.03. The molecule has 0 radical (unpaired) electrons. The number of aromatic nitrogens is 3. The number of carbonyl (C=O) groups excluding carboxylic acids is 1. The Morgan fingerprint density at radius 1 is 1.14 bits per heavy atom. The van der Waals surface area contributed by atoms with Gasteiger partial charge >= 0.3 is 0 Å². The summed E-state index contributed by atoms with van der Waals surface area (Å²) in [6, 6.07) is 17.6. The van der Waals surface area contributed by atoms with Crippen LogP contribution >= 0.6 is 11.3 Å². The van der Waals surface area contributed by atoms with E-state index in [0.717, 1.165) is 26.6 Å². The normalized spacial score (nSPS) is 12.1. The van der Waals surface area contributed by atoms with E-state index in [4.69, 9.17) is 4.74 Å². The Morgan fingerprint density at radius 2 is 1.96 bits per heavy atom. The molecule has 4 aromatic rings. The molecule has 6 nitrogen and oxygen atoms in total. The molecule has 1 atom stereocenters. The Morgan fingerprint density at radius 3 is 2.75 bits per heavy atom. The van der Waals surface area contributed by atoms with Gasteiger partial charge in [0.15, 0.2) is 0 Å². The zero-order chi connectivity index (χ0) is 19.2. The van der Waals surface area contributed by atoms with Crippen LogP contribution in [0.1, 0.15) is 22.4 Å². The molecule has 0 aliphatic heterocycles. The summed E-state index contributed by atoms with van der Waals surface area (Å²) in [7, 11) is 0. The number of nitrogens with one attached hydrogen (secondary N) is 2. The van der Waals surface area contributed by atoms with E-state index in [-0.39, 0.29) is 18.6 Å². The average Bonchev–Trinajstić information content (AvgIpc) is 3.37. The highest BCUT2D eigenvalue weighted by molar-refractivity contribution is 7.18. The zero-order valence-electron chi connectivity index (χ0n) is 15.2. The number of hydrogen-bond acceptors (Lipinski definition) is 5. The number of ether oxygens (including phenoxy) is 1. The highest BCUT2D eigenvalue weighted by atomic mass is 32.1. The van der Waals surface area contributed by atoms with Crippen LogP contribution in [-0.4, -0.2) is 27.5 Å². The Kier molecular flexibility index (Phi) is 5.75. The number of rotatable bonds is 8. The summed E-state index contributed by atoms with van der Waals surface area (Å²) in [5.41, 5.74) is 1.98. The molecule has 2 aromatic heterocycles. The van der Waals surface area contributed by atoms with Gasteiger partial charge in [0.1, 0.15) is 17.4 Å². The van der Waals surface area contributed by atoms with E-state index >= 15 is 0 Å². The van der Waals surface area contributed by atoms with E-state index in [0.29, 0.717) is 13.0 Å². The van der Waals surface area contributed by atoms with Crippen LogP contribution in [0.15, 0.2) is 67.0 Å². The summed E-state index contributed by atoms with van der Waals surface area (Å²) in [4.78, 5) is 24.3. The number of H-pyrrole nitrogens is 1. The monoisotopic (exact) mass is 392 g/mol. The fourth-order valence-corrected chi connectivity index (χ4v) is 3.89. The summed E-state index contributed by atoms with van der Waals surface area (Å²) in [6.07, 6.45) is 4.07. The molecule has 2 N–H and O–H groups in total. The first kappa shape index (κ1) is 18.3. The van der Waals surface area contributed by atoms with Crippen LogP contribution in [0.5, 0.6) is 0 Å². The predicted molar refractivity (Wildman–Crippen MR) is 109 cm³/mol. The molecule has 0 saturated carbocycles. The van der Waals surface area contributed by atoms with Crippen LogP contribution < -0.4 is 5.32 Å². The average molecular weight is 392 g/mol. The Labute approximate surface area is 166 Å². The fraction of sp³-hybridized carbons (Fsp3) is 0.190. The van der Waals surface area contributed by atoms with Crippen molar-refractivity contribution >= 4 is 27.5 Å². The van der Waals surface area contributed by atoms with E-state index in [1.165, 1.54) is 0 Å². The number of benzene rings is 2. The first-order chi connectivity index (χ1) is 13.8. The molecule has 0 unspecified atom stereocenters. The first-order valence-electron chi connectivity index (χ1n) is 9.03. The molecule has 0 bridgehead atoms. The van der Waals surface area contributed by atoms with Gasteiger partial charge in [-0.25, -0.2) is 9.97 Å². The number of aromatic amines is 1. The number of amides is 1. The van der Waals surface area contributed by atoms with Crippen molar-refractivity contribution in [3.8, 4) is 0 Å². The summed E-state index contributed by atoms with van der Waals surface area (Å²) in [5, 5.41) is 3.91. The number of imidazole rings is 1. The van der Waals surface area contributed by atoms with Gasteiger partial charge in [-0.05, 0) is 17.7 Å². The maximum atomic E-state index is 12.4. The summed E-state index contributed by atoms with van der Waals surface area (Å²) in [6.45, 7) is 0.304. The Balaban J connectivity index is 1.34. The highest BCUT2D eigenvalue weighted by Crippen LogP contribution is 2.22. The summed E-state index contributed by atoms with van der Waals surface area (Å²) < 4.78 is 6.71. The molecule has 2 aromatic carbocycles. The topological polar surface area (TPSA) is 79.9 Å². The van der Waals surface area contributed by atoms with Crippen molar-refractivity contribution < 1.29 is 9.53 Å². The molecule has 0 spiro atoms. The van der Waals surface area contributed by atoms with Crippen LogP contribution in [0, 0.1) is 0 Å². The molecule has 142 valence electrons. The number of hydrogen-bond donors (Lipinski definition) is 2. The van der Waals surface area contributed by atoms with Gasteiger partial charge in [-0.15, -0.1) is 11.3 Å². The molecular weight excluding hydrogens is 372 g/mol. The third kappa shape index (κ3) is 4.62. The van der Waals surface area contributed by atoms with Gasteiger partial charge in [-0.2, -0.15) is 0 Å². The minimum Gasteiger partial charge on any atom is -0.364 e. The largest absolute Gasteiger partial charge is 0.364 e. The van der Waals surface area contributed by atoms with Crippen molar-refractivity contribution in [2.75, 3.05) is 6.61 Å². The van der Waals surface area contributed by atoms with E-state index in [9.17, 15) is 4.79 Å². The molecule has 0 aliphatic rings. The van der Waals surface area contributed by atoms with Crippen LogP contribution in [-0.2, 0) is 22.6 Å². The zero-order valence-corrected chi connectivity index (χ0v) is 16.0. The smallest absolute Gasteiger partial charge is 0.246 e. The third-order valence-corrected chi connectivity index (χ3v) is 5.30. The molecule has 4 rings (SSSR count). The van der Waals surface area contributed by atoms with Crippen molar-refractivity contribution in [1.82, 2.24) is 20.3 Å². The van der Waals surface area contributed by atoms with Crippen molar-refractivity contribution in [2.45, 2.75) is 19.1 Å². The number of thiazole rings is 1. The number of carbonyl (C=O) groups is 1. The van der Waals surface area contributed by atoms with Crippen LogP contribution in [0.25, 0.3) is 10.2 Å². The summed E-state index contributed by atoms with van der Waals surface area (Å²) >= 11 is 1.58. The predicted octanol–water partition coefficient (Wildman–Crippen LogP) is 3.64. The molecule has 2 heterocycles. The molecule has 7 heteroatoms. The SMILES string of the molecule is O=C(COCc1nc2ccccc2s1)N[C@H](Cc1ncc[nH]1)c1ccccc1. The lowest BCUT2D eigenvalue weighted by molar-refractivity contribution is -0.126. The maximum absolute atomic E-state index is 12.4. The van der Waals surface area contributed by atoms with Crippen molar-refractivity contribution in [2.24, 2.45) is 0 Å². The molecular formula is C21H20N4O2S. The lowest BCUT2D eigenvalue weighted by atomic mass is 10.0. The van der Waals surface area contributed by atoms with Gasteiger partial charge in [0.2, 0.25) is 5.91 Å². The third-order valence-electron chi connectivity index (χ3n) is 4.29. The number of nitrogens with zero attached hydrogens (tertiary/aromatic N) is 2. The van der Waals surface area contributed by atoms with Crippen molar-refractivity contribution in [3.05, 3.63) is 83.4 Å². The number of para-hydroxylation sites is 1. The van der Waals surface area contributed by atoms with Crippen molar-refractivity contribution in [3.63, 3.8) is 0 Å². The second kappa shape index (κ2) is 8.77. The van der Waals surface area contributed by atoms with Crippen LogP contribution in [0.3, 0.4) is 0 Å². The van der Waals surface area contributed by atoms with E-state index in [1.807, 2.05) is 54.6 Å². The molecule has 28 heavy (non-hydrogen) atoms. The van der Waals surface area contributed by atoms with Crippen molar-refractivity contribution in [1.29, 1.82) is 0 Å². The van der Waals surface area contributed by atoms with Crippen LogP contribution in [0.4, 0.5) is 0 Å². The van der Waals surface area contributed by atoms with Gasteiger partial charge in [-0.3, -0.25) is 4.79 Å². The second-order valence-electron chi connectivity index (χ2n) is 6.34. The van der Waals surface area contributed by atoms with E-state index < -0.39 is 0 Å². The van der Waals surface area contributed by atoms with Gasteiger partial charge < -0.3 is 15.0 Å². The lowest BCUT2D eigenvalue weighted by Crippen LogP contribution is -2.33. The van der Waals surface area contributed by atoms with Gasteiger partial charge in [-0.1, -0.05) is 42.5 Å². The lowest BCUT2D eigenvalue weighted by Gasteiger charge is -2.18. The number of fused-ring (bicyclic) bond motifs is 1. The molecule has 0 fully saturated rings. The van der Waals surface area contributed by atoms with Gasteiger partial charge in [0, 0.05) is 18.8 Å². The molecule has 0 aliphatic carbocycles. The maximum Gasteiger partial charge on any atom is 0.246 e. The molecule has 1 amide bonds. The second-order valence-corrected chi connectivity index (χ2v) is 7.45. The summed E-state index contributed by atoms with van der Waals surface area (Å²) in [5.74, 6) is 0.658. The quantitative estimate of drug-likeness (QED) is 0.480. The van der Waals surface area contributed by atoms with E-state index in [2.05, 4.69) is 20.3 Å². The van der Waals surface area contributed by atoms with Gasteiger partial charge in [0.05, 0.1) is 22.9 Å². The Bertz CT molecular complexity index is 998. The van der Waals surface area contributed by atoms with E-state index in [1.54, 1.807) is 23.7 Å². The van der Waals surface area contributed by atoms with Gasteiger partial charge in [0.25, 0.3) is 0 Å².